The summed E-state index contributed by atoms with van der Waals surface area (Å²) >= 11 is 0. The van der Waals surface area contributed by atoms with Crippen LogP contribution >= 0.6 is 0 Å². The van der Waals surface area contributed by atoms with Gasteiger partial charge >= 0.3 is 0 Å². The zero-order valence-electron chi connectivity index (χ0n) is 10.8. The Balaban J connectivity index is 2.16. The summed E-state index contributed by atoms with van der Waals surface area (Å²) in [4.78, 5) is 11.3. The molecule has 0 radical (unpaired) electrons. The van der Waals surface area contributed by atoms with Crippen LogP contribution in [0.5, 0.6) is 0 Å². The molecule has 1 N–H and O–H groups in total. The van der Waals surface area contributed by atoms with Crippen molar-refractivity contribution in [1.29, 1.82) is 0 Å². The van der Waals surface area contributed by atoms with Crippen LogP contribution in [-0.2, 0) is 4.79 Å². The lowest BCUT2D eigenvalue weighted by Crippen LogP contribution is -2.09. The van der Waals surface area contributed by atoms with E-state index in [0.29, 0.717) is 6.42 Å². The SMILES string of the molecule is CCC(=O)Nc1cccc(C#Cc2ccccc2)c1. The summed E-state index contributed by atoms with van der Waals surface area (Å²) in [6.45, 7) is 1.83. The predicted molar refractivity (Wildman–Crippen MR) is 77.8 cm³/mol. The first kappa shape index (κ1) is 12.9. The van der Waals surface area contributed by atoms with Crippen LogP contribution in [0.15, 0.2) is 54.6 Å². The quantitative estimate of drug-likeness (QED) is 0.812. The number of benzene rings is 2. The van der Waals surface area contributed by atoms with Crippen LogP contribution in [0, 0.1) is 11.8 Å². The largest absolute Gasteiger partial charge is 0.326 e. The maximum atomic E-state index is 11.3. The molecule has 2 aromatic carbocycles. The lowest BCUT2D eigenvalue weighted by molar-refractivity contribution is -0.115. The van der Waals surface area contributed by atoms with Crippen molar-refractivity contribution in [2.24, 2.45) is 0 Å². The van der Waals surface area contributed by atoms with E-state index in [-0.39, 0.29) is 5.91 Å². The molecule has 0 aliphatic rings. The van der Waals surface area contributed by atoms with Gasteiger partial charge in [0, 0.05) is 23.2 Å². The van der Waals surface area contributed by atoms with Crippen LogP contribution in [0.25, 0.3) is 0 Å². The monoisotopic (exact) mass is 249 g/mol. The Morgan fingerprint density at radius 2 is 1.68 bits per heavy atom. The van der Waals surface area contributed by atoms with Crippen molar-refractivity contribution < 1.29 is 4.79 Å². The maximum absolute atomic E-state index is 11.3. The van der Waals surface area contributed by atoms with Crippen molar-refractivity contribution in [3.05, 3.63) is 65.7 Å². The molecule has 2 rings (SSSR count). The molecule has 1 amide bonds. The predicted octanol–water partition coefficient (Wildman–Crippen LogP) is 3.43. The van der Waals surface area contributed by atoms with Gasteiger partial charge in [0.05, 0.1) is 0 Å². The Morgan fingerprint density at radius 3 is 2.42 bits per heavy atom. The second kappa shape index (κ2) is 6.42. The van der Waals surface area contributed by atoms with Crippen molar-refractivity contribution in [3.63, 3.8) is 0 Å². The molecule has 0 atom stereocenters. The minimum atomic E-state index is 0.00756. The number of carbonyl (C=O) groups is 1. The number of amides is 1. The van der Waals surface area contributed by atoms with Crippen molar-refractivity contribution in [2.45, 2.75) is 13.3 Å². The van der Waals surface area contributed by atoms with E-state index in [2.05, 4.69) is 17.2 Å². The summed E-state index contributed by atoms with van der Waals surface area (Å²) in [7, 11) is 0. The van der Waals surface area contributed by atoms with Gasteiger partial charge in [-0.3, -0.25) is 4.79 Å². The third kappa shape index (κ3) is 4.01. The highest BCUT2D eigenvalue weighted by atomic mass is 16.1. The molecular formula is C17H15NO. The third-order valence-electron chi connectivity index (χ3n) is 2.59. The Hall–Kier alpha value is -2.53. The van der Waals surface area contributed by atoms with Gasteiger partial charge in [0.15, 0.2) is 0 Å². The minimum Gasteiger partial charge on any atom is -0.326 e. The van der Waals surface area contributed by atoms with E-state index in [1.54, 1.807) is 0 Å². The fourth-order valence-electron chi connectivity index (χ4n) is 1.59. The molecule has 0 unspecified atom stereocenters. The van der Waals surface area contributed by atoms with Gasteiger partial charge in [-0.2, -0.15) is 0 Å². The molecule has 0 aliphatic heterocycles. The van der Waals surface area contributed by atoms with Gasteiger partial charge in [0.25, 0.3) is 0 Å². The summed E-state index contributed by atoms with van der Waals surface area (Å²) in [5, 5.41) is 2.82. The zero-order valence-corrected chi connectivity index (χ0v) is 10.8. The number of hydrogen-bond acceptors (Lipinski definition) is 1. The van der Waals surface area contributed by atoms with Crippen molar-refractivity contribution >= 4 is 11.6 Å². The average Bonchev–Trinajstić information content (AvgIpc) is 2.46. The third-order valence-corrected chi connectivity index (χ3v) is 2.59. The van der Waals surface area contributed by atoms with Gasteiger partial charge in [0.1, 0.15) is 0 Å². The number of carbonyl (C=O) groups excluding carboxylic acids is 1. The molecular weight excluding hydrogens is 234 g/mol. The first-order valence-electron chi connectivity index (χ1n) is 6.25. The molecule has 2 nitrogen and oxygen atoms in total. The van der Waals surface area contributed by atoms with Gasteiger partial charge in [-0.25, -0.2) is 0 Å². The fourth-order valence-corrected chi connectivity index (χ4v) is 1.59. The standard InChI is InChI=1S/C17H15NO/c1-2-17(19)18-16-10-6-9-15(13-16)12-11-14-7-4-3-5-8-14/h3-10,13H,2H2,1H3,(H,18,19). The van der Waals surface area contributed by atoms with Crippen LogP contribution in [0.1, 0.15) is 24.5 Å². The average molecular weight is 249 g/mol. The van der Waals surface area contributed by atoms with Crippen molar-refractivity contribution in [3.8, 4) is 11.8 Å². The second-order valence-corrected chi connectivity index (χ2v) is 4.10. The first-order valence-corrected chi connectivity index (χ1v) is 6.25. The van der Waals surface area contributed by atoms with Crippen LogP contribution in [0.2, 0.25) is 0 Å². The Morgan fingerprint density at radius 1 is 1.00 bits per heavy atom. The molecule has 19 heavy (non-hydrogen) atoms. The van der Waals surface area contributed by atoms with Gasteiger partial charge in [0.2, 0.25) is 5.91 Å². The summed E-state index contributed by atoms with van der Waals surface area (Å²) in [6.07, 6.45) is 0.472. The second-order valence-electron chi connectivity index (χ2n) is 4.10. The Kier molecular flexibility index (Phi) is 4.36. The van der Waals surface area contributed by atoms with Gasteiger partial charge < -0.3 is 5.32 Å². The van der Waals surface area contributed by atoms with Crippen LogP contribution in [0.4, 0.5) is 5.69 Å². The molecule has 0 saturated heterocycles. The van der Waals surface area contributed by atoms with E-state index in [9.17, 15) is 4.79 Å². The molecule has 0 heterocycles. The highest BCUT2D eigenvalue weighted by Gasteiger charge is 1.98. The lowest BCUT2D eigenvalue weighted by Gasteiger charge is -2.03. The molecule has 0 fully saturated rings. The number of anilines is 1. The Bertz CT molecular complexity index is 620. The van der Waals surface area contributed by atoms with E-state index >= 15 is 0 Å². The summed E-state index contributed by atoms with van der Waals surface area (Å²) in [5.41, 5.74) is 2.65. The molecule has 2 aromatic rings. The Labute approximate surface area is 113 Å². The van der Waals surface area contributed by atoms with Crippen molar-refractivity contribution in [1.82, 2.24) is 0 Å². The highest BCUT2D eigenvalue weighted by Crippen LogP contribution is 2.10. The molecule has 0 saturated carbocycles. The van der Waals surface area contributed by atoms with E-state index in [0.717, 1.165) is 16.8 Å². The van der Waals surface area contributed by atoms with E-state index in [4.69, 9.17) is 0 Å². The molecule has 2 heteroatoms. The normalized spacial score (nSPS) is 9.32. The van der Waals surface area contributed by atoms with Crippen molar-refractivity contribution in [2.75, 3.05) is 5.32 Å². The summed E-state index contributed by atoms with van der Waals surface area (Å²) < 4.78 is 0. The number of nitrogens with one attached hydrogen (secondary N) is 1. The van der Waals surface area contributed by atoms with E-state index in [1.807, 2.05) is 61.5 Å². The van der Waals surface area contributed by atoms with Crippen LogP contribution in [0.3, 0.4) is 0 Å². The van der Waals surface area contributed by atoms with Gasteiger partial charge in [-0.05, 0) is 30.3 Å². The topological polar surface area (TPSA) is 29.1 Å². The lowest BCUT2D eigenvalue weighted by atomic mass is 10.1. The molecule has 0 spiro atoms. The molecule has 94 valence electrons. The smallest absolute Gasteiger partial charge is 0.224 e. The van der Waals surface area contributed by atoms with Gasteiger partial charge in [-0.15, -0.1) is 0 Å². The van der Waals surface area contributed by atoms with Crippen LogP contribution in [-0.4, -0.2) is 5.91 Å². The van der Waals surface area contributed by atoms with Gasteiger partial charge in [-0.1, -0.05) is 43.0 Å². The van der Waals surface area contributed by atoms with E-state index in [1.165, 1.54) is 0 Å². The molecule has 0 bridgehead atoms. The zero-order chi connectivity index (χ0) is 13.5. The van der Waals surface area contributed by atoms with Crippen LogP contribution < -0.4 is 5.32 Å². The first-order chi connectivity index (χ1) is 9.28. The summed E-state index contributed by atoms with van der Waals surface area (Å²) in [5.74, 6) is 6.19. The minimum absolute atomic E-state index is 0.00756. The number of rotatable bonds is 2. The van der Waals surface area contributed by atoms with E-state index < -0.39 is 0 Å². The molecule has 0 aliphatic carbocycles. The molecule has 0 aromatic heterocycles. The summed E-state index contributed by atoms with van der Waals surface area (Å²) in [6, 6.07) is 17.4. The fraction of sp³-hybridized carbons (Fsp3) is 0.118. The maximum Gasteiger partial charge on any atom is 0.224 e. The highest BCUT2D eigenvalue weighted by molar-refractivity contribution is 5.90. The number of hydrogen-bond donors (Lipinski definition) is 1.